The van der Waals surface area contributed by atoms with Gasteiger partial charge in [0.25, 0.3) is 0 Å². The standard InChI is InChI=1S/C16H16BrClO3/c1-10(19)11-3-5-16(14(18)8-11)21-9-12-7-13(17)4-6-15(12)20-2/h3-8,10,19H,9H2,1-2H3/t10-/m1/s1. The van der Waals surface area contributed by atoms with E-state index in [0.717, 1.165) is 21.3 Å². The summed E-state index contributed by atoms with van der Waals surface area (Å²) in [5.41, 5.74) is 1.68. The molecule has 0 unspecified atom stereocenters. The molecular formula is C16H16BrClO3. The van der Waals surface area contributed by atoms with Crippen molar-refractivity contribution in [2.45, 2.75) is 19.6 Å². The fourth-order valence-electron chi connectivity index (χ4n) is 1.91. The second-order valence-electron chi connectivity index (χ2n) is 4.61. The van der Waals surface area contributed by atoms with Crippen LogP contribution < -0.4 is 9.47 Å². The third-order valence-electron chi connectivity index (χ3n) is 3.06. The van der Waals surface area contributed by atoms with Crippen LogP contribution in [-0.4, -0.2) is 12.2 Å². The molecular weight excluding hydrogens is 356 g/mol. The number of methoxy groups -OCH3 is 1. The molecule has 0 fully saturated rings. The van der Waals surface area contributed by atoms with Gasteiger partial charge in [0.2, 0.25) is 0 Å². The van der Waals surface area contributed by atoms with E-state index in [1.807, 2.05) is 18.2 Å². The highest BCUT2D eigenvalue weighted by atomic mass is 79.9. The zero-order valence-corrected chi connectivity index (χ0v) is 14.1. The third kappa shape index (κ3) is 4.13. The lowest BCUT2D eigenvalue weighted by molar-refractivity contribution is 0.199. The largest absolute Gasteiger partial charge is 0.496 e. The van der Waals surface area contributed by atoms with Crippen molar-refractivity contribution in [3.8, 4) is 11.5 Å². The van der Waals surface area contributed by atoms with E-state index in [9.17, 15) is 5.11 Å². The molecule has 0 amide bonds. The van der Waals surface area contributed by atoms with E-state index in [2.05, 4.69) is 15.9 Å². The van der Waals surface area contributed by atoms with Gasteiger partial charge in [-0.2, -0.15) is 0 Å². The second kappa shape index (κ2) is 7.16. The summed E-state index contributed by atoms with van der Waals surface area (Å²) in [4.78, 5) is 0. The zero-order chi connectivity index (χ0) is 15.4. The molecule has 0 aromatic heterocycles. The van der Waals surface area contributed by atoms with E-state index in [1.165, 1.54) is 0 Å². The molecule has 0 heterocycles. The first-order valence-electron chi connectivity index (χ1n) is 6.44. The number of halogens is 2. The summed E-state index contributed by atoms with van der Waals surface area (Å²) < 4.78 is 12.0. The van der Waals surface area contributed by atoms with Crippen LogP contribution >= 0.6 is 27.5 Å². The molecule has 0 saturated carbocycles. The second-order valence-corrected chi connectivity index (χ2v) is 5.93. The Morgan fingerprint density at radius 3 is 2.52 bits per heavy atom. The molecule has 112 valence electrons. The minimum absolute atomic E-state index is 0.344. The Hall–Kier alpha value is -1.23. The molecule has 0 aliphatic heterocycles. The van der Waals surface area contributed by atoms with Crippen molar-refractivity contribution >= 4 is 27.5 Å². The quantitative estimate of drug-likeness (QED) is 0.825. The maximum Gasteiger partial charge on any atom is 0.138 e. The van der Waals surface area contributed by atoms with E-state index in [0.29, 0.717) is 17.4 Å². The van der Waals surface area contributed by atoms with Gasteiger partial charge in [0.05, 0.1) is 18.2 Å². The van der Waals surface area contributed by atoms with Gasteiger partial charge < -0.3 is 14.6 Å². The maximum atomic E-state index is 9.52. The average Bonchev–Trinajstić information content (AvgIpc) is 2.46. The molecule has 2 aromatic carbocycles. The lowest BCUT2D eigenvalue weighted by Crippen LogP contribution is -2.00. The predicted octanol–water partition coefficient (Wildman–Crippen LogP) is 4.74. The van der Waals surface area contributed by atoms with Gasteiger partial charge >= 0.3 is 0 Å². The smallest absolute Gasteiger partial charge is 0.138 e. The summed E-state index contributed by atoms with van der Waals surface area (Å²) in [6.45, 7) is 2.04. The van der Waals surface area contributed by atoms with Gasteiger partial charge in [0, 0.05) is 10.0 Å². The summed E-state index contributed by atoms with van der Waals surface area (Å²) in [5.74, 6) is 1.33. The van der Waals surface area contributed by atoms with Gasteiger partial charge in [-0.1, -0.05) is 33.6 Å². The first kappa shape index (κ1) is 16.1. The van der Waals surface area contributed by atoms with Crippen molar-refractivity contribution in [1.29, 1.82) is 0 Å². The summed E-state index contributed by atoms with van der Waals surface area (Å²) >= 11 is 9.59. The van der Waals surface area contributed by atoms with Crippen LogP contribution in [0.15, 0.2) is 40.9 Å². The topological polar surface area (TPSA) is 38.7 Å². The Balaban J connectivity index is 2.15. The Labute approximate surface area is 137 Å². The van der Waals surface area contributed by atoms with E-state index in [4.69, 9.17) is 21.1 Å². The molecule has 0 aliphatic rings. The summed E-state index contributed by atoms with van der Waals surface area (Å²) in [6.07, 6.45) is -0.554. The van der Waals surface area contributed by atoms with Crippen LogP contribution in [-0.2, 0) is 6.61 Å². The number of hydrogen-bond acceptors (Lipinski definition) is 3. The van der Waals surface area contributed by atoms with Gasteiger partial charge in [-0.3, -0.25) is 0 Å². The summed E-state index contributed by atoms with van der Waals surface area (Å²) in [7, 11) is 1.62. The van der Waals surface area contributed by atoms with Crippen LogP contribution in [0, 0.1) is 0 Å². The number of aliphatic hydroxyl groups excluding tert-OH is 1. The molecule has 1 N–H and O–H groups in total. The zero-order valence-electron chi connectivity index (χ0n) is 11.8. The highest BCUT2D eigenvalue weighted by Crippen LogP contribution is 2.30. The average molecular weight is 372 g/mol. The van der Waals surface area contributed by atoms with Gasteiger partial charge in [0.1, 0.15) is 18.1 Å². The van der Waals surface area contributed by atoms with Gasteiger partial charge in [-0.05, 0) is 42.8 Å². The Kier molecular flexibility index (Phi) is 5.51. The predicted molar refractivity (Wildman–Crippen MR) is 87.1 cm³/mol. The molecule has 0 spiro atoms. The molecule has 21 heavy (non-hydrogen) atoms. The minimum atomic E-state index is -0.554. The molecule has 1 atom stereocenters. The molecule has 0 aliphatic carbocycles. The highest BCUT2D eigenvalue weighted by molar-refractivity contribution is 9.10. The van der Waals surface area contributed by atoms with Crippen molar-refractivity contribution in [3.05, 3.63) is 57.0 Å². The van der Waals surface area contributed by atoms with Gasteiger partial charge in [-0.15, -0.1) is 0 Å². The van der Waals surface area contributed by atoms with Crippen LogP contribution in [0.3, 0.4) is 0 Å². The van der Waals surface area contributed by atoms with Crippen molar-refractivity contribution in [3.63, 3.8) is 0 Å². The van der Waals surface area contributed by atoms with Gasteiger partial charge in [0.15, 0.2) is 0 Å². The Bertz CT molecular complexity index is 629. The van der Waals surface area contributed by atoms with E-state index >= 15 is 0 Å². The normalized spacial score (nSPS) is 12.0. The van der Waals surface area contributed by atoms with E-state index < -0.39 is 6.10 Å². The fraction of sp³-hybridized carbons (Fsp3) is 0.250. The maximum absolute atomic E-state index is 9.52. The van der Waals surface area contributed by atoms with Crippen LogP contribution in [0.5, 0.6) is 11.5 Å². The first-order valence-corrected chi connectivity index (χ1v) is 7.61. The lowest BCUT2D eigenvalue weighted by Gasteiger charge is -2.13. The van der Waals surface area contributed by atoms with Crippen LogP contribution in [0.4, 0.5) is 0 Å². The Morgan fingerprint density at radius 2 is 1.90 bits per heavy atom. The summed E-state index contributed by atoms with van der Waals surface area (Å²) in [6, 6.07) is 11.0. The van der Waals surface area contributed by atoms with Crippen LogP contribution in [0.2, 0.25) is 5.02 Å². The van der Waals surface area contributed by atoms with Crippen LogP contribution in [0.1, 0.15) is 24.2 Å². The molecule has 0 saturated heterocycles. The molecule has 0 bridgehead atoms. The van der Waals surface area contributed by atoms with E-state index in [1.54, 1.807) is 32.2 Å². The van der Waals surface area contributed by atoms with Crippen molar-refractivity contribution in [1.82, 2.24) is 0 Å². The third-order valence-corrected chi connectivity index (χ3v) is 3.85. The van der Waals surface area contributed by atoms with Crippen molar-refractivity contribution in [2.24, 2.45) is 0 Å². The van der Waals surface area contributed by atoms with Crippen LogP contribution in [0.25, 0.3) is 0 Å². The Morgan fingerprint density at radius 1 is 1.19 bits per heavy atom. The van der Waals surface area contributed by atoms with Gasteiger partial charge in [-0.25, -0.2) is 0 Å². The highest BCUT2D eigenvalue weighted by Gasteiger charge is 2.09. The monoisotopic (exact) mass is 370 g/mol. The number of rotatable bonds is 5. The fourth-order valence-corrected chi connectivity index (χ4v) is 2.56. The molecule has 5 heteroatoms. The molecule has 2 aromatic rings. The SMILES string of the molecule is COc1ccc(Br)cc1COc1ccc([C@@H](C)O)cc1Cl. The number of hydrogen-bond donors (Lipinski definition) is 1. The molecule has 0 radical (unpaired) electrons. The van der Waals surface area contributed by atoms with Crippen molar-refractivity contribution in [2.75, 3.05) is 7.11 Å². The molecule has 2 rings (SSSR count). The van der Waals surface area contributed by atoms with Crippen molar-refractivity contribution < 1.29 is 14.6 Å². The first-order chi connectivity index (χ1) is 10.0. The van der Waals surface area contributed by atoms with E-state index in [-0.39, 0.29) is 0 Å². The number of ether oxygens (including phenoxy) is 2. The minimum Gasteiger partial charge on any atom is -0.496 e. The lowest BCUT2D eigenvalue weighted by atomic mass is 10.1. The summed E-state index contributed by atoms with van der Waals surface area (Å²) in [5, 5.41) is 10.00. The molecule has 3 nitrogen and oxygen atoms in total. The number of aliphatic hydroxyl groups is 1. The number of benzene rings is 2.